The number of carbonyl (C=O) groups is 3. The predicted octanol–water partition coefficient (Wildman–Crippen LogP) is 1.65. The minimum absolute atomic E-state index is 0.0737. The number of nitrogens with one attached hydrogen (secondary N) is 2. The summed E-state index contributed by atoms with van der Waals surface area (Å²) < 4.78 is 5.49. The van der Waals surface area contributed by atoms with Crippen LogP contribution in [0.25, 0.3) is 0 Å². The van der Waals surface area contributed by atoms with Crippen molar-refractivity contribution in [3.05, 3.63) is 24.3 Å². The van der Waals surface area contributed by atoms with E-state index in [0.29, 0.717) is 6.54 Å². The molecular formula is C26H41N5O4. The second-order valence-corrected chi connectivity index (χ2v) is 9.57. The number of primary amides is 1. The van der Waals surface area contributed by atoms with E-state index in [9.17, 15) is 14.4 Å². The highest BCUT2D eigenvalue weighted by molar-refractivity contribution is 5.92. The number of nitrogens with zero attached hydrogens (tertiary/aromatic N) is 2. The van der Waals surface area contributed by atoms with E-state index in [4.69, 9.17) is 10.5 Å². The molecule has 1 atom stereocenters. The predicted molar refractivity (Wildman–Crippen MR) is 136 cm³/mol. The Morgan fingerprint density at radius 1 is 1.06 bits per heavy atom. The summed E-state index contributed by atoms with van der Waals surface area (Å²) in [6.07, 6.45) is 6.49. The largest absolute Gasteiger partial charge is 0.495 e. The summed E-state index contributed by atoms with van der Waals surface area (Å²) in [5, 5.41) is 5.64. The van der Waals surface area contributed by atoms with Crippen molar-refractivity contribution in [3.8, 4) is 5.75 Å². The Balaban J connectivity index is 1.34. The van der Waals surface area contributed by atoms with Gasteiger partial charge in [-0.1, -0.05) is 31.4 Å². The number of hydrogen-bond donors (Lipinski definition) is 3. The number of carbonyl (C=O) groups excluding carboxylic acids is 3. The lowest BCUT2D eigenvalue weighted by Gasteiger charge is -2.36. The zero-order valence-corrected chi connectivity index (χ0v) is 21.0. The van der Waals surface area contributed by atoms with E-state index in [-0.39, 0.29) is 24.2 Å². The van der Waals surface area contributed by atoms with Crippen LogP contribution in [0.5, 0.6) is 5.75 Å². The third-order valence-corrected chi connectivity index (χ3v) is 7.01. The first-order valence-electron chi connectivity index (χ1n) is 12.9. The van der Waals surface area contributed by atoms with Crippen LogP contribution in [0, 0.1) is 5.92 Å². The van der Waals surface area contributed by atoms with E-state index in [1.807, 2.05) is 18.2 Å². The summed E-state index contributed by atoms with van der Waals surface area (Å²) in [5.41, 5.74) is 6.46. The van der Waals surface area contributed by atoms with E-state index >= 15 is 0 Å². The molecule has 1 aromatic carbocycles. The number of anilines is 1. The highest BCUT2D eigenvalue weighted by Gasteiger charge is 2.27. The maximum atomic E-state index is 12.6. The highest BCUT2D eigenvalue weighted by atomic mass is 16.5. The number of piperazine rings is 1. The Hall–Kier alpha value is -2.81. The average molecular weight is 488 g/mol. The molecule has 1 aliphatic carbocycles. The van der Waals surface area contributed by atoms with Crippen LogP contribution in [0.15, 0.2) is 24.3 Å². The van der Waals surface area contributed by atoms with Gasteiger partial charge in [-0.15, -0.1) is 0 Å². The van der Waals surface area contributed by atoms with E-state index in [1.54, 1.807) is 7.11 Å². The number of amides is 3. The van der Waals surface area contributed by atoms with Gasteiger partial charge in [-0.05, 0) is 44.4 Å². The number of ether oxygens (including phenoxy) is 1. The number of para-hydroxylation sites is 2. The fourth-order valence-corrected chi connectivity index (χ4v) is 4.96. The Morgan fingerprint density at radius 3 is 2.46 bits per heavy atom. The van der Waals surface area contributed by atoms with Crippen LogP contribution in [-0.4, -0.2) is 75.0 Å². The van der Waals surface area contributed by atoms with Crippen molar-refractivity contribution in [1.82, 2.24) is 15.5 Å². The van der Waals surface area contributed by atoms with Crippen LogP contribution in [0.3, 0.4) is 0 Å². The molecule has 0 spiro atoms. The molecule has 9 nitrogen and oxygen atoms in total. The summed E-state index contributed by atoms with van der Waals surface area (Å²) in [6.45, 7) is 5.35. The summed E-state index contributed by atoms with van der Waals surface area (Å²) in [6, 6.07) is 7.21. The number of rotatable bonds is 12. The zero-order valence-electron chi connectivity index (χ0n) is 21.0. The van der Waals surface area contributed by atoms with Crippen molar-refractivity contribution in [1.29, 1.82) is 0 Å². The SMILES string of the molecule is COc1ccccc1N1CCN(CCCCNC(=O)[C@H](CC(N)=O)NC(=O)C2CCCCC2)CC1. The molecule has 1 aromatic rings. The molecule has 194 valence electrons. The van der Waals surface area contributed by atoms with Gasteiger partial charge in [0.2, 0.25) is 17.7 Å². The van der Waals surface area contributed by atoms with Crippen molar-refractivity contribution in [2.45, 2.75) is 57.4 Å². The van der Waals surface area contributed by atoms with E-state index in [1.165, 1.54) is 0 Å². The van der Waals surface area contributed by atoms with Gasteiger partial charge >= 0.3 is 0 Å². The van der Waals surface area contributed by atoms with Crippen LogP contribution in [0.2, 0.25) is 0 Å². The van der Waals surface area contributed by atoms with Gasteiger partial charge < -0.3 is 26.0 Å². The maximum Gasteiger partial charge on any atom is 0.243 e. The lowest BCUT2D eigenvalue weighted by molar-refractivity contribution is -0.133. The normalized spacial score (nSPS) is 18.0. The van der Waals surface area contributed by atoms with Gasteiger partial charge in [-0.3, -0.25) is 19.3 Å². The molecule has 2 aliphatic rings. The van der Waals surface area contributed by atoms with Crippen LogP contribution in [-0.2, 0) is 14.4 Å². The lowest BCUT2D eigenvalue weighted by atomic mass is 9.88. The molecule has 0 unspecified atom stereocenters. The molecule has 35 heavy (non-hydrogen) atoms. The minimum atomic E-state index is -0.898. The van der Waals surface area contributed by atoms with Gasteiger partial charge in [-0.25, -0.2) is 0 Å². The number of methoxy groups -OCH3 is 1. The average Bonchev–Trinajstić information content (AvgIpc) is 2.88. The Kier molecular flexibility index (Phi) is 10.7. The zero-order chi connectivity index (χ0) is 25.0. The fourth-order valence-electron chi connectivity index (χ4n) is 4.96. The molecule has 1 heterocycles. The Labute approximate surface area is 208 Å². The molecular weight excluding hydrogens is 446 g/mol. The Morgan fingerprint density at radius 2 is 1.77 bits per heavy atom. The van der Waals surface area contributed by atoms with Gasteiger partial charge in [0.15, 0.2) is 0 Å². The fraction of sp³-hybridized carbons (Fsp3) is 0.654. The molecule has 1 saturated carbocycles. The summed E-state index contributed by atoms with van der Waals surface area (Å²) in [5.74, 6) is -0.241. The number of nitrogens with two attached hydrogens (primary N) is 1. The standard InChI is InChI=1S/C26H41N5O4/c1-35-23-12-6-5-11-22(23)31-17-15-30(16-18-31)14-8-7-13-28-26(34)21(19-24(27)32)29-25(33)20-9-3-2-4-10-20/h5-6,11-12,20-21H,2-4,7-10,13-19H2,1H3,(H2,27,32)(H,28,34)(H,29,33)/t21-/m0/s1. The van der Waals surface area contributed by atoms with Crippen LogP contribution in [0.1, 0.15) is 51.4 Å². The molecule has 1 saturated heterocycles. The molecule has 3 rings (SSSR count). The van der Waals surface area contributed by atoms with E-state index in [2.05, 4.69) is 26.5 Å². The van der Waals surface area contributed by atoms with Gasteiger partial charge in [0.05, 0.1) is 19.2 Å². The van der Waals surface area contributed by atoms with Crippen molar-refractivity contribution in [2.24, 2.45) is 11.7 Å². The Bertz CT molecular complexity index is 835. The smallest absolute Gasteiger partial charge is 0.243 e. The number of benzene rings is 1. The molecule has 3 amide bonds. The van der Waals surface area contributed by atoms with E-state index in [0.717, 1.165) is 89.1 Å². The van der Waals surface area contributed by atoms with Gasteiger partial charge in [0.25, 0.3) is 0 Å². The minimum Gasteiger partial charge on any atom is -0.495 e. The summed E-state index contributed by atoms with van der Waals surface area (Å²) in [7, 11) is 1.70. The molecule has 0 radical (unpaired) electrons. The van der Waals surface area contributed by atoms with Crippen molar-refractivity contribution >= 4 is 23.4 Å². The molecule has 0 bridgehead atoms. The van der Waals surface area contributed by atoms with Gasteiger partial charge in [0.1, 0.15) is 11.8 Å². The second kappa shape index (κ2) is 13.9. The first-order valence-corrected chi connectivity index (χ1v) is 12.9. The van der Waals surface area contributed by atoms with Crippen molar-refractivity contribution < 1.29 is 19.1 Å². The summed E-state index contributed by atoms with van der Waals surface area (Å²) in [4.78, 5) is 41.4. The van der Waals surface area contributed by atoms with Gasteiger partial charge in [-0.2, -0.15) is 0 Å². The third kappa shape index (κ3) is 8.42. The topological polar surface area (TPSA) is 117 Å². The third-order valence-electron chi connectivity index (χ3n) is 7.01. The molecule has 1 aliphatic heterocycles. The molecule has 4 N–H and O–H groups in total. The molecule has 9 heteroatoms. The van der Waals surface area contributed by atoms with E-state index < -0.39 is 11.9 Å². The monoisotopic (exact) mass is 487 g/mol. The second-order valence-electron chi connectivity index (χ2n) is 9.57. The first-order chi connectivity index (χ1) is 17.0. The lowest BCUT2D eigenvalue weighted by Crippen LogP contribution is -2.50. The molecule has 2 fully saturated rings. The van der Waals surface area contributed by atoms with Crippen molar-refractivity contribution in [2.75, 3.05) is 51.3 Å². The maximum absolute atomic E-state index is 12.6. The highest BCUT2D eigenvalue weighted by Crippen LogP contribution is 2.28. The summed E-state index contributed by atoms with van der Waals surface area (Å²) >= 11 is 0. The van der Waals surface area contributed by atoms with Gasteiger partial charge in [0, 0.05) is 38.6 Å². The van der Waals surface area contributed by atoms with Crippen molar-refractivity contribution in [3.63, 3.8) is 0 Å². The molecule has 0 aromatic heterocycles. The first kappa shape index (κ1) is 26.8. The van der Waals surface area contributed by atoms with Crippen LogP contribution in [0.4, 0.5) is 5.69 Å². The number of unbranched alkanes of at least 4 members (excludes halogenated alkanes) is 1. The number of hydrogen-bond acceptors (Lipinski definition) is 6. The van der Waals surface area contributed by atoms with Crippen LogP contribution >= 0.6 is 0 Å². The quantitative estimate of drug-likeness (QED) is 0.386. The van der Waals surface area contributed by atoms with Crippen LogP contribution < -0.4 is 26.0 Å².